The van der Waals surface area contributed by atoms with Gasteiger partial charge in [0.25, 0.3) is 0 Å². The molecule has 0 spiro atoms. The first-order valence-electron chi connectivity index (χ1n) is 4.55. The van der Waals surface area contributed by atoms with E-state index in [1.54, 1.807) is 6.20 Å². The van der Waals surface area contributed by atoms with Crippen LogP contribution < -0.4 is 5.73 Å². The fraction of sp³-hybridized carbons (Fsp3) is 0.556. The smallest absolute Gasteiger partial charge is 0.115 e. The first-order chi connectivity index (χ1) is 6.38. The van der Waals surface area contributed by atoms with Gasteiger partial charge in [-0.25, -0.2) is 9.97 Å². The van der Waals surface area contributed by atoms with Crippen LogP contribution in [0.2, 0.25) is 0 Å². The lowest BCUT2D eigenvalue weighted by molar-refractivity contribution is 0.0127. The maximum atomic E-state index is 5.75. The van der Waals surface area contributed by atoms with Gasteiger partial charge in [0.15, 0.2) is 0 Å². The number of nitrogen functional groups attached to an aromatic ring is 1. The van der Waals surface area contributed by atoms with Crippen LogP contribution >= 0.6 is 0 Å². The second-order valence-corrected chi connectivity index (χ2v) is 3.22. The lowest BCUT2D eigenvalue weighted by Crippen LogP contribution is -2.14. The molecule has 0 saturated carbocycles. The summed E-state index contributed by atoms with van der Waals surface area (Å²) in [5.74, 6) is 0. The summed E-state index contributed by atoms with van der Waals surface area (Å²) in [6, 6.07) is 0. The Morgan fingerprint density at radius 3 is 3.08 bits per heavy atom. The molecule has 1 aromatic heterocycles. The maximum Gasteiger partial charge on any atom is 0.115 e. The molecule has 2 N–H and O–H groups in total. The molecule has 0 radical (unpaired) electrons. The van der Waals surface area contributed by atoms with Gasteiger partial charge < -0.3 is 10.5 Å². The van der Waals surface area contributed by atoms with Crippen LogP contribution in [0.4, 0.5) is 5.69 Å². The van der Waals surface area contributed by atoms with Crippen molar-refractivity contribution >= 4 is 5.69 Å². The minimum atomic E-state index is 0.0803. The fourth-order valence-corrected chi connectivity index (χ4v) is 1.58. The summed E-state index contributed by atoms with van der Waals surface area (Å²) in [4.78, 5) is 7.99. The third-order valence-electron chi connectivity index (χ3n) is 2.26. The molecule has 1 unspecified atom stereocenters. The molecular weight excluding hydrogens is 166 g/mol. The molecule has 2 rings (SSSR count). The normalized spacial score (nSPS) is 22.9. The van der Waals surface area contributed by atoms with Gasteiger partial charge in [0.05, 0.1) is 17.6 Å². The van der Waals surface area contributed by atoms with Crippen LogP contribution in [0.25, 0.3) is 0 Å². The second kappa shape index (κ2) is 3.70. The third-order valence-corrected chi connectivity index (χ3v) is 2.26. The maximum absolute atomic E-state index is 5.75. The molecule has 0 aliphatic carbocycles. The molecule has 0 aromatic carbocycles. The summed E-state index contributed by atoms with van der Waals surface area (Å²) in [6.45, 7) is 0.814. The Bertz CT molecular complexity index is 284. The summed E-state index contributed by atoms with van der Waals surface area (Å²) in [5, 5.41) is 0. The average Bonchev–Trinajstić information content (AvgIpc) is 2.20. The van der Waals surface area contributed by atoms with Gasteiger partial charge in [-0.2, -0.15) is 0 Å². The van der Waals surface area contributed by atoms with Crippen molar-refractivity contribution < 1.29 is 4.74 Å². The molecule has 13 heavy (non-hydrogen) atoms. The number of anilines is 1. The van der Waals surface area contributed by atoms with Crippen LogP contribution in [0.3, 0.4) is 0 Å². The molecule has 1 aromatic rings. The van der Waals surface area contributed by atoms with E-state index in [0.717, 1.165) is 25.1 Å². The number of nitrogens with zero attached hydrogens (tertiary/aromatic N) is 2. The summed E-state index contributed by atoms with van der Waals surface area (Å²) in [5.41, 5.74) is 7.22. The molecular formula is C9H13N3O. The van der Waals surface area contributed by atoms with Crippen molar-refractivity contribution in [3.8, 4) is 0 Å². The summed E-state index contributed by atoms with van der Waals surface area (Å²) < 4.78 is 5.57. The van der Waals surface area contributed by atoms with Gasteiger partial charge in [-0.05, 0) is 19.3 Å². The predicted molar refractivity (Wildman–Crippen MR) is 49.0 cm³/mol. The van der Waals surface area contributed by atoms with Crippen LogP contribution in [-0.2, 0) is 4.74 Å². The van der Waals surface area contributed by atoms with Crippen molar-refractivity contribution in [3.63, 3.8) is 0 Å². The van der Waals surface area contributed by atoms with Crippen LogP contribution in [-0.4, -0.2) is 16.6 Å². The van der Waals surface area contributed by atoms with Gasteiger partial charge in [0, 0.05) is 6.61 Å². The molecule has 0 amide bonds. The van der Waals surface area contributed by atoms with E-state index in [1.807, 2.05) is 0 Å². The van der Waals surface area contributed by atoms with Crippen molar-refractivity contribution in [1.29, 1.82) is 0 Å². The zero-order valence-corrected chi connectivity index (χ0v) is 7.44. The molecule has 4 heteroatoms. The molecule has 1 aliphatic rings. The second-order valence-electron chi connectivity index (χ2n) is 3.22. The third kappa shape index (κ3) is 1.78. The van der Waals surface area contributed by atoms with E-state index in [0.29, 0.717) is 5.69 Å². The van der Waals surface area contributed by atoms with E-state index < -0.39 is 0 Å². The zero-order chi connectivity index (χ0) is 9.10. The predicted octanol–water partition coefficient (Wildman–Crippen LogP) is 1.30. The number of ether oxygens (including phenoxy) is 1. The van der Waals surface area contributed by atoms with E-state index >= 15 is 0 Å². The number of aromatic nitrogens is 2. The Morgan fingerprint density at radius 1 is 1.46 bits per heavy atom. The van der Waals surface area contributed by atoms with Gasteiger partial charge in [-0.3, -0.25) is 0 Å². The topological polar surface area (TPSA) is 61.0 Å². The zero-order valence-electron chi connectivity index (χ0n) is 7.44. The lowest BCUT2D eigenvalue weighted by Gasteiger charge is -2.22. The molecule has 1 atom stereocenters. The number of hydrogen-bond acceptors (Lipinski definition) is 4. The van der Waals surface area contributed by atoms with E-state index in [4.69, 9.17) is 10.5 Å². The molecule has 1 saturated heterocycles. The van der Waals surface area contributed by atoms with E-state index in [9.17, 15) is 0 Å². The van der Waals surface area contributed by atoms with Crippen molar-refractivity contribution in [2.24, 2.45) is 0 Å². The highest BCUT2D eigenvalue weighted by Gasteiger charge is 2.19. The Balaban J connectivity index is 2.18. The van der Waals surface area contributed by atoms with E-state index in [-0.39, 0.29) is 6.10 Å². The van der Waals surface area contributed by atoms with Crippen LogP contribution in [0.15, 0.2) is 12.5 Å². The van der Waals surface area contributed by atoms with Crippen LogP contribution in [0, 0.1) is 0 Å². The molecule has 4 nitrogen and oxygen atoms in total. The lowest BCUT2D eigenvalue weighted by atomic mass is 10.1. The van der Waals surface area contributed by atoms with Gasteiger partial charge in [-0.15, -0.1) is 0 Å². The minimum absolute atomic E-state index is 0.0803. The summed E-state index contributed by atoms with van der Waals surface area (Å²) in [7, 11) is 0. The average molecular weight is 179 g/mol. The van der Waals surface area contributed by atoms with Crippen molar-refractivity contribution in [1.82, 2.24) is 9.97 Å². The van der Waals surface area contributed by atoms with Gasteiger partial charge in [-0.1, -0.05) is 0 Å². The molecule has 1 aliphatic heterocycles. The Kier molecular flexibility index (Phi) is 2.40. The Hall–Kier alpha value is -1.16. The number of nitrogens with two attached hydrogens (primary N) is 1. The van der Waals surface area contributed by atoms with Crippen LogP contribution in [0.5, 0.6) is 0 Å². The fourth-order valence-electron chi connectivity index (χ4n) is 1.58. The SMILES string of the molecule is Nc1cncnc1C1CCCCO1. The number of rotatable bonds is 1. The Morgan fingerprint density at radius 2 is 2.38 bits per heavy atom. The van der Waals surface area contributed by atoms with Gasteiger partial charge in [0.1, 0.15) is 12.4 Å². The standard InChI is InChI=1S/C9H13N3O/c10-7-5-11-6-12-9(7)8-3-1-2-4-13-8/h5-6,8H,1-4,10H2. The highest BCUT2D eigenvalue weighted by molar-refractivity contribution is 5.40. The monoisotopic (exact) mass is 179 g/mol. The highest BCUT2D eigenvalue weighted by Crippen LogP contribution is 2.28. The highest BCUT2D eigenvalue weighted by atomic mass is 16.5. The Labute approximate surface area is 77.1 Å². The largest absolute Gasteiger partial charge is 0.396 e. The summed E-state index contributed by atoms with van der Waals surface area (Å²) >= 11 is 0. The van der Waals surface area contributed by atoms with Gasteiger partial charge in [0.2, 0.25) is 0 Å². The first-order valence-corrected chi connectivity index (χ1v) is 4.55. The van der Waals surface area contributed by atoms with E-state index in [2.05, 4.69) is 9.97 Å². The molecule has 0 bridgehead atoms. The molecule has 2 heterocycles. The molecule has 1 fully saturated rings. The van der Waals surface area contributed by atoms with Crippen molar-refractivity contribution in [2.75, 3.05) is 12.3 Å². The number of hydrogen-bond donors (Lipinski definition) is 1. The quantitative estimate of drug-likeness (QED) is 0.705. The first kappa shape index (κ1) is 8.44. The van der Waals surface area contributed by atoms with Crippen molar-refractivity contribution in [2.45, 2.75) is 25.4 Å². The van der Waals surface area contributed by atoms with Gasteiger partial charge >= 0.3 is 0 Å². The summed E-state index contributed by atoms with van der Waals surface area (Å²) in [6.07, 6.45) is 6.57. The van der Waals surface area contributed by atoms with E-state index in [1.165, 1.54) is 12.7 Å². The minimum Gasteiger partial charge on any atom is -0.396 e. The van der Waals surface area contributed by atoms with Crippen LogP contribution in [0.1, 0.15) is 31.1 Å². The molecule has 70 valence electrons. The van der Waals surface area contributed by atoms with Crippen molar-refractivity contribution in [3.05, 3.63) is 18.2 Å².